The summed E-state index contributed by atoms with van der Waals surface area (Å²) in [4.78, 5) is 19.5. The Hall–Kier alpha value is -3.34. The van der Waals surface area contributed by atoms with Gasteiger partial charge in [-0.3, -0.25) is 9.78 Å². The van der Waals surface area contributed by atoms with Crippen molar-refractivity contribution in [3.63, 3.8) is 0 Å². The summed E-state index contributed by atoms with van der Waals surface area (Å²) in [6.07, 6.45) is 2.53. The van der Waals surface area contributed by atoms with Crippen molar-refractivity contribution < 1.29 is 14.3 Å². The Morgan fingerprint density at radius 1 is 1.00 bits per heavy atom. The number of hydrogen-bond acceptors (Lipinski definition) is 4. The molecule has 1 aliphatic heterocycles. The maximum absolute atomic E-state index is 13.1. The van der Waals surface area contributed by atoms with Crippen LogP contribution in [0.3, 0.4) is 0 Å². The van der Waals surface area contributed by atoms with E-state index < -0.39 is 0 Å². The zero-order valence-corrected chi connectivity index (χ0v) is 17.5. The minimum Gasteiger partial charge on any atom is -0.496 e. The average molecular weight is 402 g/mol. The molecule has 1 aromatic heterocycles. The molecule has 0 bridgehead atoms. The molecule has 1 fully saturated rings. The second-order valence-corrected chi connectivity index (χ2v) is 7.61. The van der Waals surface area contributed by atoms with E-state index in [0.717, 1.165) is 40.3 Å². The molecule has 3 aromatic rings. The van der Waals surface area contributed by atoms with Crippen LogP contribution in [0.2, 0.25) is 0 Å². The SMILES string of the molecule is COc1cccc(OC)c1C1CC(C)C(=O)N1Cc1ccnc(-c2ccccc2)c1. The Morgan fingerprint density at radius 2 is 1.70 bits per heavy atom. The highest BCUT2D eigenvalue weighted by molar-refractivity contribution is 5.82. The van der Waals surface area contributed by atoms with Gasteiger partial charge in [0.1, 0.15) is 11.5 Å². The lowest BCUT2D eigenvalue weighted by Gasteiger charge is -2.28. The van der Waals surface area contributed by atoms with E-state index in [0.29, 0.717) is 6.54 Å². The first-order chi connectivity index (χ1) is 14.6. The van der Waals surface area contributed by atoms with Crippen LogP contribution >= 0.6 is 0 Å². The number of rotatable bonds is 6. The van der Waals surface area contributed by atoms with E-state index >= 15 is 0 Å². The van der Waals surface area contributed by atoms with Crippen molar-refractivity contribution in [2.24, 2.45) is 5.92 Å². The van der Waals surface area contributed by atoms with Gasteiger partial charge < -0.3 is 14.4 Å². The van der Waals surface area contributed by atoms with E-state index in [1.54, 1.807) is 20.4 Å². The Kier molecular flexibility index (Phi) is 5.70. The van der Waals surface area contributed by atoms with Crippen molar-refractivity contribution in [1.82, 2.24) is 9.88 Å². The van der Waals surface area contributed by atoms with E-state index in [1.165, 1.54) is 0 Å². The molecule has 1 amide bonds. The fraction of sp³-hybridized carbons (Fsp3) is 0.280. The highest BCUT2D eigenvalue weighted by Crippen LogP contribution is 2.45. The molecule has 2 atom stereocenters. The first kappa shape index (κ1) is 20.0. The summed E-state index contributed by atoms with van der Waals surface area (Å²) in [5.41, 5.74) is 3.94. The standard InChI is InChI=1S/C25H26N2O3/c1-17-14-21(24-22(29-2)10-7-11-23(24)30-3)27(25(17)28)16-18-12-13-26-20(15-18)19-8-5-4-6-9-19/h4-13,15,17,21H,14,16H2,1-3H3. The summed E-state index contributed by atoms with van der Waals surface area (Å²) in [6, 6.07) is 19.7. The molecule has 5 nitrogen and oxygen atoms in total. The zero-order valence-electron chi connectivity index (χ0n) is 17.5. The Morgan fingerprint density at radius 3 is 2.37 bits per heavy atom. The first-order valence-electron chi connectivity index (χ1n) is 10.1. The number of pyridine rings is 1. The quantitative estimate of drug-likeness (QED) is 0.590. The second kappa shape index (κ2) is 8.57. The molecule has 154 valence electrons. The van der Waals surface area contributed by atoms with Crippen molar-refractivity contribution in [1.29, 1.82) is 0 Å². The van der Waals surface area contributed by atoms with E-state index in [4.69, 9.17) is 9.47 Å². The molecule has 2 aromatic carbocycles. The highest BCUT2D eigenvalue weighted by atomic mass is 16.5. The number of ether oxygens (including phenoxy) is 2. The van der Waals surface area contributed by atoms with Crippen molar-refractivity contribution in [2.45, 2.75) is 25.9 Å². The predicted molar refractivity (Wildman–Crippen MR) is 116 cm³/mol. The minimum atomic E-state index is -0.105. The molecule has 4 rings (SSSR count). The van der Waals surface area contributed by atoms with Crippen LogP contribution in [0.15, 0.2) is 66.9 Å². The molecule has 5 heteroatoms. The third-order valence-corrected chi connectivity index (χ3v) is 5.70. The van der Waals surface area contributed by atoms with Gasteiger partial charge in [0, 0.05) is 24.2 Å². The van der Waals surface area contributed by atoms with Crippen LogP contribution in [0, 0.1) is 5.92 Å². The van der Waals surface area contributed by atoms with Gasteiger partial charge in [0.2, 0.25) is 5.91 Å². The molecule has 2 unspecified atom stereocenters. The van der Waals surface area contributed by atoms with Crippen molar-refractivity contribution in [2.75, 3.05) is 14.2 Å². The molecule has 0 radical (unpaired) electrons. The second-order valence-electron chi connectivity index (χ2n) is 7.61. The van der Waals surface area contributed by atoms with E-state index in [9.17, 15) is 4.79 Å². The summed E-state index contributed by atoms with van der Waals surface area (Å²) < 4.78 is 11.2. The summed E-state index contributed by atoms with van der Waals surface area (Å²) >= 11 is 0. The smallest absolute Gasteiger partial charge is 0.226 e. The third-order valence-electron chi connectivity index (χ3n) is 5.70. The first-order valence-corrected chi connectivity index (χ1v) is 10.1. The van der Waals surface area contributed by atoms with Gasteiger partial charge in [-0.15, -0.1) is 0 Å². The van der Waals surface area contributed by atoms with Gasteiger partial charge in [0.15, 0.2) is 0 Å². The van der Waals surface area contributed by atoms with E-state index in [-0.39, 0.29) is 17.9 Å². The molecule has 0 aliphatic carbocycles. The molecule has 0 N–H and O–H groups in total. The minimum absolute atomic E-state index is 0.0555. The number of hydrogen-bond donors (Lipinski definition) is 0. The van der Waals surface area contributed by atoms with Crippen LogP contribution in [0.5, 0.6) is 11.5 Å². The van der Waals surface area contributed by atoms with E-state index in [2.05, 4.69) is 11.1 Å². The van der Waals surface area contributed by atoms with Crippen LogP contribution in [-0.4, -0.2) is 30.0 Å². The average Bonchev–Trinajstić information content (AvgIpc) is 3.07. The molecular weight excluding hydrogens is 376 g/mol. The fourth-order valence-corrected chi connectivity index (χ4v) is 4.21. The lowest BCUT2D eigenvalue weighted by molar-refractivity contribution is -0.132. The Balaban J connectivity index is 1.69. The summed E-state index contributed by atoms with van der Waals surface area (Å²) in [5, 5.41) is 0. The summed E-state index contributed by atoms with van der Waals surface area (Å²) in [7, 11) is 3.30. The van der Waals surface area contributed by atoms with Gasteiger partial charge in [-0.1, -0.05) is 43.3 Å². The van der Waals surface area contributed by atoms with Crippen molar-refractivity contribution in [3.05, 3.63) is 78.0 Å². The summed E-state index contributed by atoms with van der Waals surface area (Å²) in [6.45, 7) is 2.50. The Labute approximate surface area is 177 Å². The monoisotopic (exact) mass is 402 g/mol. The predicted octanol–water partition coefficient (Wildman–Crippen LogP) is 4.88. The Bertz CT molecular complexity index is 1010. The lowest BCUT2D eigenvalue weighted by atomic mass is 9.98. The third kappa shape index (κ3) is 3.75. The molecule has 0 spiro atoms. The number of benzene rings is 2. The zero-order chi connectivity index (χ0) is 21.1. The topological polar surface area (TPSA) is 51.7 Å². The van der Waals surface area contributed by atoms with E-state index in [1.807, 2.05) is 66.4 Å². The normalized spacial score (nSPS) is 18.5. The van der Waals surface area contributed by atoms with Crippen LogP contribution < -0.4 is 9.47 Å². The van der Waals surface area contributed by atoms with Gasteiger partial charge in [0.25, 0.3) is 0 Å². The number of aromatic nitrogens is 1. The van der Waals surface area contributed by atoms with Gasteiger partial charge in [-0.2, -0.15) is 0 Å². The maximum atomic E-state index is 13.1. The molecule has 1 saturated heterocycles. The molecule has 1 aliphatic rings. The number of nitrogens with zero attached hydrogens (tertiary/aromatic N) is 2. The van der Waals surface area contributed by atoms with Crippen molar-refractivity contribution >= 4 is 5.91 Å². The highest BCUT2D eigenvalue weighted by Gasteiger charge is 2.40. The number of likely N-dealkylation sites (tertiary alicyclic amines) is 1. The molecule has 30 heavy (non-hydrogen) atoms. The van der Waals surface area contributed by atoms with Gasteiger partial charge >= 0.3 is 0 Å². The number of amides is 1. The van der Waals surface area contributed by atoms with Crippen molar-refractivity contribution in [3.8, 4) is 22.8 Å². The molecular formula is C25H26N2O3. The lowest BCUT2D eigenvalue weighted by Crippen LogP contribution is -2.29. The summed E-state index contributed by atoms with van der Waals surface area (Å²) in [5.74, 6) is 1.57. The molecule has 0 saturated carbocycles. The largest absolute Gasteiger partial charge is 0.496 e. The van der Waals surface area contributed by atoms with Crippen LogP contribution in [0.25, 0.3) is 11.3 Å². The van der Waals surface area contributed by atoms with Gasteiger partial charge in [-0.05, 0) is 36.2 Å². The van der Waals surface area contributed by atoms with Gasteiger partial charge in [-0.25, -0.2) is 0 Å². The van der Waals surface area contributed by atoms with Crippen LogP contribution in [0.4, 0.5) is 0 Å². The van der Waals surface area contributed by atoms with Gasteiger partial charge in [0.05, 0.1) is 31.5 Å². The number of carbonyl (C=O) groups excluding carboxylic acids is 1. The number of methoxy groups -OCH3 is 2. The molecule has 2 heterocycles. The maximum Gasteiger partial charge on any atom is 0.226 e. The number of carbonyl (C=O) groups is 1. The fourth-order valence-electron chi connectivity index (χ4n) is 4.21. The van der Waals surface area contributed by atoms with Crippen LogP contribution in [-0.2, 0) is 11.3 Å². The van der Waals surface area contributed by atoms with Crippen LogP contribution in [0.1, 0.15) is 30.5 Å².